The highest BCUT2D eigenvalue weighted by Gasteiger charge is 2.36. The third kappa shape index (κ3) is 4.29. The fourth-order valence-electron chi connectivity index (χ4n) is 2.09. The van der Waals surface area contributed by atoms with Crippen molar-refractivity contribution >= 4 is 37.4 Å². The first-order valence-electron chi connectivity index (χ1n) is 6.72. The SMILES string of the molecule is CS(=O)(=O)CCNC(=O)c1cccc(N2C(=O)CCS2(=O)=O)c1. The van der Waals surface area contributed by atoms with Gasteiger partial charge in [-0.1, -0.05) is 6.07 Å². The fourth-order valence-corrected chi connectivity index (χ4v) is 4.02. The van der Waals surface area contributed by atoms with E-state index in [9.17, 15) is 26.4 Å². The minimum atomic E-state index is -3.70. The third-order valence-electron chi connectivity index (χ3n) is 3.18. The maximum absolute atomic E-state index is 12.0. The van der Waals surface area contributed by atoms with Crippen LogP contribution in [-0.4, -0.2) is 53.0 Å². The molecule has 0 saturated carbocycles. The molecule has 1 aromatic carbocycles. The van der Waals surface area contributed by atoms with Crippen LogP contribution in [0.15, 0.2) is 24.3 Å². The summed E-state index contributed by atoms with van der Waals surface area (Å²) in [5.74, 6) is -1.53. The van der Waals surface area contributed by atoms with Gasteiger partial charge in [-0.15, -0.1) is 0 Å². The van der Waals surface area contributed by atoms with Crippen LogP contribution in [0.25, 0.3) is 0 Å². The van der Waals surface area contributed by atoms with Gasteiger partial charge in [-0.3, -0.25) is 9.59 Å². The Bertz CT molecular complexity index is 845. The second-order valence-electron chi connectivity index (χ2n) is 5.16. The monoisotopic (exact) mass is 360 g/mol. The van der Waals surface area contributed by atoms with Crippen molar-refractivity contribution in [3.63, 3.8) is 0 Å². The zero-order valence-corrected chi connectivity index (χ0v) is 14.0. The summed E-state index contributed by atoms with van der Waals surface area (Å²) in [6.45, 7) is -0.0527. The molecule has 2 amide bonds. The Kier molecular flexibility index (Phi) is 4.76. The standard InChI is InChI=1S/C13H16N2O6S2/c1-22(18,19)8-6-14-13(17)10-3-2-4-11(9-10)15-12(16)5-7-23(15,20)21/h2-4,9H,5-8H2,1H3,(H,14,17). The lowest BCUT2D eigenvalue weighted by Gasteiger charge is -2.15. The number of hydrogen-bond acceptors (Lipinski definition) is 6. The Morgan fingerprint density at radius 3 is 2.61 bits per heavy atom. The van der Waals surface area contributed by atoms with E-state index in [2.05, 4.69) is 5.32 Å². The van der Waals surface area contributed by atoms with Gasteiger partial charge in [0.15, 0.2) is 0 Å². The summed E-state index contributed by atoms with van der Waals surface area (Å²) < 4.78 is 46.5. The Labute approximate surface area is 134 Å². The Balaban J connectivity index is 2.17. The van der Waals surface area contributed by atoms with Crippen LogP contribution in [0, 0.1) is 0 Å². The molecular formula is C13H16N2O6S2. The average Bonchev–Trinajstić information content (AvgIpc) is 2.71. The molecule has 1 aromatic rings. The van der Waals surface area contributed by atoms with Crippen molar-refractivity contribution in [2.45, 2.75) is 6.42 Å². The van der Waals surface area contributed by atoms with Crippen molar-refractivity contribution in [1.82, 2.24) is 5.32 Å². The van der Waals surface area contributed by atoms with Gasteiger partial charge in [0.2, 0.25) is 15.9 Å². The largest absolute Gasteiger partial charge is 0.351 e. The molecule has 0 bridgehead atoms. The highest BCUT2D eigenvalue weighted by atomic mass is 32.2. The van der Waals surface area contributed by atoms with Gasteiger partial charge in [0.1, 0.15) is 9.84 Å². The van der Waals surface area contributed by atoms with E-state index in [1.165, 1.54) is 24.3 Å². The number of sulfonamides is 1. The van der Waals surface area contributed by atoms with Gasteiger partial charge in [0.05, 0.1) is 17.2 Å². The van der Waals surface area contributed by atoms with Crippen LogP contribution in [-0.2, 0) is 24.7 Å². The van der Waals surface area contributed by atoms with Gasteiger partial charge < -0.3 is 5.32 Å². The Hall–Kier alpha value is -1.94. The number of rotatable bonds is 5. The highest BCUT2D eigenvalue weighted by Crippen LogP contribution is 2.25. The van der Waals surface area contributed by atoms with Crippen LogP contribution in [0.1, 0.15) is 16.8 Å². The second-order valence-corrected chi connectivity index (χ2v) is 9.36. The van der Waals surface area contributed by atoms with Crippen molar-refractivity contribution in [1.29, 1.82) is 0 Å². The molecule has 0 radical (unpaired) electrons. The lowest BCUT2D eigenvalue weighted by molar-refractivity contribution is -0.116. The summed E-state index contributed by atoms with van der Waals surface area (Å²) >= 11 is 0. The molecule has 1 N–H and O–H groups in total. The first kappa shape index (κ1) is 17.4. The van der Waals surface area contributed by atoms with Gasteiger partial charge >= 0.3 is 0 Å². The molecule has 1 aliphatic rings. The second kappa shape index (κ2) is 6.28. The molecule has 0 spiro atoms. The smallest absolute Gasteiger partial charge is 0.251 e. The molecule has 0 aromatic heterocycles. The molecule has 1 heterocycles. The number of carbonyl (C=O) groups excluding carboxylic acids is 2. The van der Waals surface area contributed by atoms with E-state index in [1.807, 2.05) is 0 Å². The van der Waals surface area contributed by atoms with Crippen molar-refractivity contribution in [3.05, 3.63) is 29.8 Å². The number of carbonyl (C=O) groups is 2. The lowest BCUT2D eigenvalue weighted by atomic mass is 10.2. The van der Waals surface area contributed by atoms with Crippen LogP contribution < -0.4 is 9.62 Å². The van der Waals surface area contributed by atoms with Crippen molar-refractivity contribution in [2.24, 2.45) is 0 Å². The van der Waals surface area contributed by atoms with Crippen LogP contribution in [0.2, 0.25) is 0 Å². The molecule has 0 aliphatic carbocycles. The number of anilines is 1. The summed E-state index contributed by atoms with van der Waals surface area (Å²) in [5, 5.41) is 2.43. The normalized spacial score (nSPS) is 17.3. The average molecular weight is 360 g/mol. The van der Waals surface area contributed by atoms with E-state index in [0.717, 1.165) is 6.26 Å². The van der Waals surface area contributed by atoms with Crippen LogP contribution in [0.3, 0.4) is 0 Å². The molecule has 2 rings (SSSR count). The highest BCUT2D eigenvalue weighted by molar-refractivity contribution is 7.94. The molecule has 126 valence electrons. The summed E-state index contributed by atoms with van der Waals surface area (Å²) in [5.41, 5.74) is 0.245. The topological polar surface area (TPSA) is 118 Å². The van der Waals surface area contributed by atoms with Crippen molar-refractivity contribution < 1.29 is 26.4 Å². The maximum atomic E-state index is 12.0. The van der Waals surface area contributed by atoms with E-state index in [4.69, 9.17) is 0 Å². The first-order valence-corrected chi connectivity index (χ1v) is 10.4. The molecule has 1 saturated heterocycles. The number of sulfone groups is 1. The van der Waals surface area contributed by atoms with E-state index >= 15 is 0 Å². The predicted molar refractivity (Wildman–Crippen MR) is 84.4 cm³/mol. The zero-order chi connectivity index (χ0) is 17.3. The van der Waals surface area contributed by atoms with Gasteiger partial charge in [0, 0.05) is 24.8 Å². The lowest BCUT2D eigenvalue weighted by Crippen LogP contribution is -2.31. The van der Waals surface area contributed by atoms with Gasteiger partial charge in [-0.25, -0.2) is 21.1 Å². The summed E-state index contributed by atoms with van der Waals surface area (Å²) in [7, 11) is -6.89. The molecule has 1 fully saturated rings. The first-order chi connectivity index (χ1) is 10.6. The molecule has 10 heteroatoms. The van der Waals surface area contributed by atoms with Crippen molar-refractivity contribution in [3.8, 4) is 0 Å². The molecule has 8 nitrogen and oxygen atoms in total. The molecule has 0 unspecified atom stereocenters. The number of benzene rings is 1. The molecule has 1 aliphatic heterocycles. The Morgan fingerprint density at radius 1 is 1.35 bits per heavy atom. The fraction of sp³-hybridized carbons (Fsp3) is 0.385. The maximum Gasteiger partial charge on any atom is 0.251 e. The molecule has 0 atom stereocenters. The van der Waals surface area contributed by atoms with Gasteiger partial charge in [0.25, 0.3) is 5.91 Å². The van der Waals surface area contributed by atoms with Gasteiger partial charge in [-0.05, 0) is 18.2 Å². The van der Waals surface area contributed by atoms with Crippen LogP contribution in [0.5, 0.6) is 0 Å². The summed E-state index contributed by atoms with van der Waals surface area (Å²) in [4.78, 5) is 23.7. The third-order valence-corrected chi connectivity index (χ3v) is 5.82. The summed E-state index contributed by atoms with van der Waals surface area (Å²) in [6, 6.07) is 5.62. The minimum Gasteiger partial charge on any atom is -0.351 e. The number of hydrogen-bond donors (Lipinski definition) is 1. The van der Waals surface area contributed by atoms with Crippen LogP contribution >= 0.6 is 0 Å². The number of amides is 2. The molecular weight excluding hydrogens is 344 g/mol. The Morgan fingerprint density at radius 2 is 2.04 bits per heavy atom. The van der Waals surface area contributed by atoms with E-state index in [0.29, 0.717) is 4.31 Å². The molecule has 23 heavy (non-hydrogen) atoms. The van der Waals surface area contributed by atoms with Gasteiger partial charge in [-0.2, -0.15) is 0 Å². The summed E-state index contributed by atoms with van der Waals surface area (Å²) in [6.07, 6.45) is 0.969. The van der Waals surface area contributed by atoms with E-state index in [1.54, 1.807) is 0 Å². The predicted octanol–water partition coefficient (Wildman–Crippen LogP) is -0.472. The van der Waals surface area contributed by atoms with E-state index in [-0.39, 0.29) is 35.7 Å². The van der Waals surface area contributed by atoms with Crippen molar-refractivity contribution in [2.75, 3.05) is 28.6 Å². The number of nitrogens with one attached hydrogen (secondary N) is 1. The zero-order valence-electron chi connectivity index (χ0n) is 12.4. The minimum absolute atomic E-state index is 0.0527. The van der Waals surface area contributed by atoms with E-state index < -0.39 is 31.7 Å². The number of nitrogens with zero attached hydrogens (tertiary/aromatic N) is 1. The van der Waals surface area contributed by atoms with Crippen LogP contribution in [0.4, 0.5) is 5.69 Å². The quantitative estimate of drug-likeness (QED) is 0.758.